The highest BCUT2D eigenvalue weighted by molar-refractivity contribution is 5.75. The van der Waals surface area contributed by atoms with Gasteiger partial charge in [0, 0.05) is 20.1 Å². The molecule has 0 radical (unpaired) electrons. The van der Waals surface area contributed by atoms with E-state index in [1.54, 1.807) is 14.0 Å². The number of nitrogens with zero attached hydrogens (tertiary/aromatic N) is 1. The third kappa shape index (κ3) is 5.09. The third-order valence-electron chi connectivity index (χ3n) is 4.04. The van der Waals surface area contributed by atoms with Crippen molar-refractivity contribution in [3.05, 3.63) is 0 Å². The summed E-state index contributed by atoms with van der Waals surface area (Å²) >= 11 is 0. The number of hydrogen-bond acceptors (Lipinski definition) is 2. The number of aliphatic carboxylic acids is 1. The molecule has 5 nitrogen and oxygen atoms in total. The van der Waals surface area contributed by atoms with Crippen LogP contribution in [0.5, 0.6) is 0 Å². The Labute approximate surface area is 115 Å². The lowest BCUT2D eigenvalue weighted by Crippen LogP contribution is -2.45. The molecule has 1 unspecified atom stereocenters. The molecule has 1 aliphatic carbocycles. The fraction of sp³-hybridized carbons (Fsp3) is 0.857. The second kappa shape index (κ2) is 6.78. The number of hydrogen-bond donors (Lipinski definition) is 2. The maximum absolute atomic E-state index is 11.9. The van der Waals surface area contributed by atoms with E-state index in [1.165, 1.54) is 24.2 Å². The van der Waals surface area contributed by atoms with Crippen molar-refractivity contribution in [1.82, 2.24) is 10.2 Å². The Hall–Kier alpha value is -1.26. The van der Waals surface area contributed by atoms with E-state index >= 15 is 0 Å². The van der Waals surface area contributed by atoms with Crippen molar-refractivity contribution < 1.29 is 14.7 Å². The highest BCUT2D eigenvalue weighted by Gasteiger charge is 2.27. The van der Waals surface area contributed by atoms with Crippen molar-refractivity contribution in [1.29, 1.82) is 0 Å². The summed E-state index contributed by atoms with van der Waals surface area (Å²) in [6.45, 7) is 4.73. The molecule has 1 rings (SSSR count). The Kier molecular flexibility index (Phi) is 5.63. The molecular weight excluding hydrogens is 244 g/mol. The number of nitrogens with one attached hydrogen (secondary N) is 1. The lowest BCUT2D eigenvalue weighted by Gasteiger charge is -2.34. The van der Waals surface area contributed by atoms with Gasteiger partial charge >= 0.3 is 12.0 Å². The van der Waals surface area contributed by atoms with Crippen LogP contribution in [0.25, 0.3) is 0 Å². The molecule has 1 saturated carbocycles. The molecule has 1 fully saturated rings. The van der Waals surface area contributed by atoms with Crippen LogP contribution in [-0.2, 0) is 4.79 Å². The Morgan fingerprint density at radius 2 is 1.89 bits per heavy atom. The minimum atomic E-state index is -0.876. The summed E-state index contributed by atoms with van der Waals surface area (Å²) < 4.78 is 0. The van der Waals surface area contributed by atoms with Crippen LogP contribution in [0, 0.1) is 11.3 Å². The van der Waals surface area contributed by atoms with E-state index in [0.29, 0.717) is 6.54 Å². The Balaban J connectivity index is 2.35. The number of rotatable bonds is 5. The summed E-state index contributed by atoms with van der Waals surface area (Å²) in [5, 5.41) is 11.8. The summed E-state index contributed by atoms with van der Waals surface area (Å²) in [6, 6.07) is -0.181. The van der Waals surface area contributed by atoms with Gasteiger partial charge in [-0.15, -0.1) is 0 Å². The van der Waals surface area contributed by atoms with Gasteiger partial charge in [0.2, 0.25) is 0 Å². The smallest absolute Gasteiger partial charge is 0.317 e. The summed E-state index contributed by atoms with van der Waals surface area (Å²) in [7, 11) is 1.64. The second-order valence-corrected chi connectivity index (χ2v) is 6.15. The molecule has 0 heterocycles. The normalized spacial score (nSPS) is 19.5. The van der Waals surface area contributed by atoms with Crippen LogP contribution < -0.4 is 5.32 Å². The van der Waals surface area contributed by atoms with Crippen molar-refractivity contribution in [3.8, 4) is 0 Å². The van der Waals surface area contributed by atoms with Gasteiger partial charge in [0.25, 0.3) is 0 Å². The zero-order valence-electron chi connectivity index (χ0n) is 12.2. The largest absolute Gasteiger partial charge is 0.481 e. The molecule has 1 atom stereocenters. The summed E-state index contributed by atoms with van der Waals surface area (Å²) in [5.74, 6) is -1.42. The monoisotopic (exact) mass is 270 g/mol. The van der Waals surface area contributed by atoms with E-state index in [4.69, 9.17) is 5.11 Å². The molecule has 0 saturated heterocycles. The molecule has 5 heteroatoms. The Morgan fingerprint density at radius 1 is 1.32 bits per heavy atom. The van der Waals surface area contributed by atoms with Gasteiger partial charge in [0.15, 0.2) is 0 Å². The van der Waals surface area contributed by atoms with Crippen LogP contribution in [0.2, 0.25) is 0 Å². The van der Waals surface area contributed by atoms with E-state index in [2.05, 4.69) is 12.2 Å². The molecule has 0 spiro atoms. The van der Waals surface area contributed by atoms with Gasteiger partial charge < -0.3 is 15.3 Å². The lowest BCUT2D eigenvalue weighted by atomic mass is 9.76. The average molecular weight is 270 g/mol. The van der Waals surface area contributed by atoms with Crippen LogP contribution >= 0.6 is 0 Å². The van der Waals surface area contributed by atoms with Gasteiger partial charge in [0.1, 0.15) is 0 Å². The van der Waals surface area contributed by atoms with Crippen molar-refractivity contribution in [2.24, 2.45) is 11.3 Å². The Bertz CT molecular complexity index is 325. The molecule has 0 aromatic rings. The quantitative estimate of drug-likeness (QED) is 0.805. The minimum Gasteiger partial charge on any atom is -0.481 e. The van der Waals surface area contributed by atoms with E-state index in [1.807, 2.05) is 0 Å². The van der Waals surface area contributed by atoms with Crippen LogP contribution in [0.4, 0.5) is 4.79 Å². The number of amides is 2. The van der Waals surface area contributed by atoms with Crippen LogP contribution in [-0.4, -0.2) is 42.1 Å². The molecule has 0 aromatic carbocycles. The topological polar surface area (TPSA) is 69.6 Å². The van der Waals surface area contributed by atoms with Gasteiger partial charge in [0.05, 0.1) is 5.92 Å². The molecule has 0 bridgehead atoms. The van der Waals surface area contributed by atoms with Gasteiger partial charge in [-0.1, -0.05) is 33.1 Å². The number of carbonyl (C=O) groups excluding carboxylic acids is 1. The fourth-order valence-corrected chi connectivity index (χ4v) is 2.58. The van der Waals surface area contributed by atoms with Crippen molar-refractivity contribution in [3.63, 3.8) is 0 Å². The molecule has 19 heavy (non-hydrogen) atoms. The first-order chi connectivity index (χ1) is 8.84. The van der Waals surface area contributed by atoms with E-state index in [0.717, 1.165) is 12.8 Å². The minimum absolute atomic E-state index is 0.181. The van der Waals surface area contributed by atoms with Gasteiger partial charge in [-0.3, -0.25) is 4.79 Å². The molecule has 2 N–H and O–H groups in total. The third-order valence-corrected chi connectivity index (χ3v) is 4.04. The first-order valence-corrected chi connectivity index (χ1v) is 7.06. The van der Waals surface area contributed by atoms with E-state index in [-0.39, 0.29) is 18.0 Å². The van der Waals surface area contributed by atoms with Crippen molar-refractivity contribution >= 4 is 12.0 Å². The number of carboxylic acid groups (broad SMARTS) is 1. The van der Waals surface area contributed by atoms with Crippen molar-refractivity contribution in [2.75, 3.05) is 20.1 Å². The van der Waals surface area contributed by atoms with E-state index < -0.39 is 11.9 Å². The number of urea groups is 1. The SMILES string of the molecule is CC(CN(C)C(=O)NCC1(C)CCCCC1)C(=O)O. The van der Waals surface area contributed by atoms with Crippen LogP contribution in [0.3, 0.4) is 0 Å². The van der Waals surface area contributed by atoms with Gasteiger partial charge in [-0.25, -0.2) is 4.79 Å². The lowest BCUT2D eigenvalue weighted by molar-refractivity contribution is -0.141. The summed E-state index contributed by atoms with van der Waals surface area (Å²) in [4.78, 5) is 24.1. The maximum atomic E-state index is 11.9. The molecular formula is C14H26N2O3. The number of carboxylic acids is 1. The summed E-state index contributed by atoms with van der Waals surface area (Å²) in [5.41, 5.74) is 0.202. The fourth-order valence-electron chi connectivity index (χ4n) is 2.58. The standard InChI is InChI=1S/C14H26N2O3/c1-11(12(17)18)9-16(3)13(19)15-10-14(2)7-5-4-6-8-14/h11H,4-10H2,1-3H3,(H,15,19)(H,17,18). The zero-order valence-corrected chi connectivity index (χ0v) is 12.2. The molecule has 0 aliphatic heterocycles. The van der Waals surface area contributed by atoms with Gasteiger partial charge in [-0.2, -0.15) is 0 Å². The van der Waals surface area contributed by atoms with Crippen molar-refractivity contribution in [2.45, 2.75) is 46.0 Å². The molecule has 0 aromatic heterocycles. The first-order valence-electron chi connectivity index (χ1n) is 7.06. The second-order valence-electron chi connectivity index (χ2n) is 6.15. The zero-order chi connectivity index (χ0) is 14.5. The number of carbonyl (C=O) groups is 2. The predicted octanol–water partition coefficient (Wildman–Crippen LogP) is 2.32. The maximum Gasteiger partial charge on any atom is 0.317 e. The molecule has 110 valence electrons. The average Bonchev–Trinajstić information content (AvgIpc) is 2.36. The molecule has 1 aliphatic rings. The highest BCUT2D eigenvalue weighted by Crippen LogP contribution is 2.34. The molecule has 2 amide bonds. The van der Waals surface area contributed by atoms with E-state index in [9.17, 15) is 9.59 Å². The Morgan fingerprint density at radius 3 is 2.42 bits per heavy atom. The van der Waals surface area contributed by atoms with Crippen LogP contribution in [0.1, 0.15) is 46.0 Å². The van der Waals surface area contributed by atoms with Crippen LogP contribution in [0.15, 0.2) is 0 Å². The van der Waals surface area contributed by atoms with Gasteiger partial charge in [-0.05, 0) is 18.3 Å². The first kappa shape index (κ1) is 15.8. The summed E-state index contributed by atoms with van der Waals surface area (Å²) in [6.07, 6.45) is 6.07. The predicted molar refractivity (Wildman–Crippen MR) is 74.0 cm³/mol. The highest BCUT2D eigenvalue weighted by atomic mass is 16.4.